The van der Waals surface area contributed by atoms with Gasteiger partial charge in [0.1, 0.15) is 0 Å². The van der Waals surface area contributed by atoms with Crippen LogP contribution in [0.15, 0.2) is 0 Å². The Labute approximate surface area is 111 Å². The summed E-state index contributed by atoms with van der Waals surface area (Å²) in [6, 6.07) is -0.523. The molecule has 2 atom stereocenters. The number of amides is 3. The molecule has 0 aromatic heterocycles. The van der Waals surface area contributed by atoms with Crippen molar-refractivity contribution in [3.8, 4) is 0 Å². The summed E-state index contributed by atoms with van der Waals surface area (Å²) < 4.78 is 0. The van der Waals surface area contributed by atoms with Crippen LogP contribution in [0.25, 0.3) is 0 Å². The SMILES string of the molecule is NC(=O)NCC1CCCN(C(=O)C2CSCN2)C1. The number of urea groups is 1. The van der Waals surface area contributed by atoms with Crippen molar-refractivity contribution in [2.24, 2.45) is 11.7 Å². The first kappa shape index (κ1) is 13.5. The standard InChI is InChI=1S/C11H20N4O2S/c12-11(17)13-4-8-2-1-3-15(5-8)10(16)9-6-18-7-14-9/h8-9,14H,1-7H2,(H3,12,13,17). The van der Waals surface area contributed by atoms with E-state index in [1.165, 1.54) is 0 Å². The minimum absolute atomic E-state index is 0.0298. The Morgan fingerprint density at radius 2 is 2.33 bits per heavy atom. The molecule has 2 aliphatic heterocycles. The molecule has 102 valence electrons. The quantitative estimate of drug-likeness (QED) is 0.650. The lowest BCUT2D eigenvalue weighted by Gasteiger charge is -2.34. The van der Waals surface area contributed by atoms with Crippen molar-refractivity contribution in [3.05, 3.63) is 0 Å². The number of primary amides is 1. The van der Waals surface area contributed by atoms with E-state index < -0.39 is 6.03 Å². The van der Waals surface area contributed by atoms with Gasteiger partial charge in [-0.1, -0.05) is 0 Å². The van der Waals surface area contributed by atoms with Crippen molar-refractivity contribution in [1.82, 2.24) is 15.5 Å². The molecule has 3 amide bonds. The number of thioether (sulfide) groups is 1. The van der Waals surface area contributed by atoms with Gasteiger partial charge in [0.25, 0.3) is 0 Å². The molecular formula is C11H20N4O2S. The molecule has 2 fully saturated rings. The van der Waals surface area contributed by atoms with Gasteiger partial charge >= 0.3 is 6.03 Å². The zero-order chi connectivity index (χ0) is 13.0. The molecule has 7 heteroatoms. The van der Waals surface area contributed by atoms with E-state index in [2.05, 4.69) is 10.6 Å². The van der Waals surface area contributed by atoms with Crippen LogP contribution in [-0.2, 0) is 4.79 Å². The molecule has 0 aliphatic carbocycles. The van der Waals surface area contributed by atoms with Crippen LogP contribution >= 0.6 is 11.8 Å². The molecule has 0 aromatic carbocycles. The fourth-order valence-corrected chi connectivity index (χ4v) is 3.38. The summed E-state index contributed by atoms with van der Waals surface area (Å²) >= 11 is 1.76. The molecule has 2 saturated heterocycles. The van der Waals surface area contributed by atoms with Gasteiger partial charge in [0, 0.05) is 31.3 Å². The largest absolute Gasteiger partial charge is 0.352 e. The zero-order valence-electron chi connectivity index (χ0n) is 10.4. The summed E-state index contributed by atoms with van der Waals surface area (Å²) in [7, 11) is 0. The van der Waals surface area contributed by atoms with Crippen molar-refractivity contribution in [2.45, 2.75) is 18.9 Å². The highest BCUT2D eigenvalue weighted by atomic mass is 32.2. The predicted octanol–water partition coefficient (Wildman–Crippen LogP) is -0.444. The van der Waals surface area contributed by atoms with Gasteiger partial charge in [-0.2, -0.15) is 0 Å². The van der Waals surface area contributed by atoms with Gasteiger partial charge in [-0.25, -0.2) is 4.79 Å². The summed E-state index contributed by atoms with van der Waals surface area (Å²) in [5.41, 5.74) is 5.06. The molecule has 18 heavy (non-hydrogen) atoms. The lowest BCUT2D eigenvalue weighted by atomic mass is 9.97. The van der Waals surface area contributed by atoms with Crippen molar-refractivity contribution >= 4 is 23.7 Å². The molecule has 2 rings (SSSR count). The molecule has 2 aliphatic rings. The van der Waals surface area contributed by atoms with Crippen molar-refractivity contribution < 1.29 is 9.59 Å². The maximum absolute atomic E-state index is 12.2. The maximum atomic E-state index is 12.2. The van der Waals surface area contributed by atoms with Crippen LogP contribution in [0.3, 0.4) is 0 Å². The molecular weight excluding hydrogens is 252 g/mol. The highest BCUT2D eigenvalue weighted by Gasteiger charge is 2.30. The second-order valence-corrected chi connectivity index (χ2v) is 5.84. The van der Waals surface area contributed by atoms with E-state index >= 15 is 0 Å². The minimum atomic E-state index is -0.493. The third-order valence-corrected chi connectivity index (χ3v) is 4.35. The zero-order valence-corrected chi connectivity index (χ0v) is 11.2. The molecule has 6 nitrogen and oxygen atoms in total. The number of carbonyl (C=O) groups excluding carboxylic acids is 2. The van der Waals surface area contributed by atoms with Gasteiger partial charge in [-0.3, -0.25) is 10.1 Å². The Kier molecular flexibility index (Phi) is 4.71. The van der Waals surface area contributed by atoms with Gasteiger partial charge in [0.15, 0.2) is 0 Å². The number of nitrogens with zero attached hydrogens (tertiary/aromatic N) is 1. The smallest absolute Gasteiger partial charge is 0.312 e. The first-order valence-corrected chi connectivity index (χ1v) is 7.45. The first-order chi connectivity index (χ1) is 8.66. The summed E-state index contributed by atoms with van der Waals surface area (Å²) in [5.74, 6) is 2.24. The van der Waals surface area contributed by atoms with Crippen molar-refractivity contribution in [3.63, 3.8) is 0 Å². The lowest BCUT2D eigenvalue weighted by Crippen LogP contribution is -2.50. The van der Waals surface area contributed by atoms with Crippen LogP contribution in [0, 0.1) is 5.92 Å². The van der Waals surface area contributed by atoms with E-state index in [1.54, 1.807) is 11.8 Å². The normalized spacial score (nSPS) is 28.1. The highest BCUT2D eigenvalue weighted by Crippen LogP contribution is 2.19. The first-order valence-electron chi connectivity index (χ1n) is 6.30. The van der Waals surface area contributed by atoms with Gasteiger partial charge in [-0.15, -0.1) is 11.8 Å². The van der Waals surface area contributed by atoms with E-state index in [1.807, 2.05) is 4.90 Å². The second-order valence-electron chi connectivity index (χ2n) is 4.81. The van der Waals surface area contributed by atoms with E-state index in [9.17, 15) is 9.59 Å². The van der Waals surface area contributed by atoms with Crippen LogP contribution < -0.4 is 16.4 Å². The Hall–Kier alpha value is -0.950. The van der Waals surface area contributed by atoms with Crippen LogP contribution in [0.1, 0.15) is 12.8 Å². The van der Waals surface area contributed by atoms with Crippen LogP contribution in [-0.4, -0.2) is 54.1 Å². The van der Waals surface area contributed by atoms with Gasteiger partial charge in [0.2, 0.25) is 5.91 Å². The monoisotopic (exact) mass is 272 g/mol. The lowest BCUT2D eigenvalue weighted by molar-refractivity contribution is -0.134. The van der Waals surface area contributed by atoms with Crippen molar-refractivity contribution in [1.29, 1.82) is 0 Å². The second kappa shape index (κ2) is 6.29. The van der Waals surface area contributed by atoms with E-state index in [-0.39, 0.29) is 11.9 Å². The predicted molar refractivity (Wildman–Crippen MR) is 71.1 cm³/mol. The van der Waals surface area contributed by atoms with Crippen LogP contribution in [0.2, 0.25) is 0 Å². The van der Waals surface area contributed by atoms with Crippen LogP contribution in [0.5, 0.6) is 0 Å². The highest BCUT2D eigenvalue weighted by molar-refractivity contribution is 7.99. The molecule has 4 N–H and O–H groups in total. The topological polar surface area (TPSA) is 87.5 Å². The van der Waals surface area contributed by atoms with Gasteiger partial charge in [-0.05, 0) is 18.8 Å². The number of carbonyl (C=O) groups is 2. The number of hydrogen-bond acceptors (Lipinski definition) is 4. The molecule has 0 bridgehead atoms. The van der Waals surface area contributed by atoms with E-state index in [4.69, 9.17) is 5.73 Å². The summed E-state index contributed by atoms with van der Waals surface area (Å²) in [5, 5.41) is 5.83. The molecule has 2 unspecified atom stereocenters. The average Bonchev–Trinajstić information content (AvgIpc) is 2.89. The molecule has 0 radical (unpaired) electrons. The molecule has 0 saturated carbocycles. The third-order valence-electron chi connectivity index (χ3n) is 3.41. The number of likely N-dealkylation sites (tertiary alicyclic amines) is 1. The third kappa shape index (κ3) is 3.52. The number of rotatable bonds is 3. The summed E-state index contributed by atoms with van der Waals surface area (Å²) in [4.78, 5) is 24.8. The van der Waals surface area contributed by atoms with E-state index in [0.29, 0.717) is 12.5 Å². The number of hydrogen-bond donors (Lipinski definition) is 3. The van der Waals surface area contributed by atoms with E-state index in [0.717, 1.165) is 37.6 Å². The van der Waals surface area contributed by atoms with Gasteiger partial charge in [0.05, 0.1) is 6.04 Å². The Morgan fingerprint density at radius 1 is 1.50 bits per heavy atom. The minimum Gasteiger partial charge on any atom is -0.352 e. The maximum Gasteiger partial charge on any atom is 0.312 e. The molecule has 0 spiro atoms. The Morgan fingerprint density at radius 3 is 3.00 bits per heavy atom. The number of nitrogens with one attached hydrogen (secondary N) is 2. The Balaban J connectivity index is 1.81. The Bertz CT molecular complexity index is 320. The number of nitrogens with two attached hydrogens (primary N) is 1. The number of piperidine rings is 1. The summed E-state index contributed by atoms with van der Waals surface area (Å²) in [6.45, 7) is 2.11. The van der Waals surface area contributed by atoms with Crippen LogP contribution in [0.4, 0.5) is 4.79 Å². The van der Waals surface area contributed by atoms with Gasteiger partial charge < -0.3 is 16.0 Å². The summed E-state index contributed by atoms with van der Waals surface area (Å²) in [6.07, 6.45) is 2.04. The molecule has 0 aromatic rings. The fraction of sp³-hybridized carbons (Fsp3) is 0.818. The molecule has 2 heterocycles. The van der Waals surface area contributed by atoms with Crippen molar-refractivity contribution in [2.75, 3.05) is 31.3 Å². The fourth-order valence-electron chi connectivity index (χ4n) is 2.45. The average molecular weight is 272 g/mol.